The fraction of sp³-hybridized carbons (Fsp3) is 0.458. The first-order valence-electron chi connectivity index (χ1n) is 10.5. The van der Waals surface area contributed by atoms with Crippen LogP contribution in [-0.4, -0.2) is 33.0 Å². The van der Waals surface area contributed by atoms with Crippen LogP contribution in [0.4, 0.5) is 10.5 Å². The number of carbonyl (C=O) groups excluding carboxylic acids is 1. The largest absolute Gasteiger partial charge is 0.493 e. The van der Waals surface area contributed by atoms with Crippen LogP contribution in [0.25, 0.3) is 0 Å². The molecule has 0 aromatic heterocycles. The Morgan fingerprint density at radius 1 is 1.13 bits per heavy atom. The molecule has 1 amide bonds. The molecule has 1 aliphatic heterocycles. The first-order valence-corrected chi connectivity index (χ1v) is 10.5. The average molecular weight is 413 g/mol. The third kappa shape index (κ3) is 4.54. The van der Waals surface area contributed by atoms with Gasteiger partial charge in [0.15, 0.2) is 11.5 Å². The van der Waals surface area contributed by atoms with Crippen LogP contribution in [0.2, 0.25) is 0 Å². The van der Waals surface area contributed by atoms with Crippen molar-refractivity contribution in [1.29, 1.82) is 0 Å². The predicted octanol–water partition coefficient (Wildman–Crippen LogP) is 4.93. The maximum atomic E-state index is 12.9. The van der Waals surface area contributed by atoms with E-state index in [4.69, 9.17) is 14.2 Å². The van der Waals surface area contributed by atoms with E-state index in [2.05, 4.69) is 31.3 Å². The second-order valence-corrected chi connectivity index (χ2v) is 7.80. The molecule has 30 heavy (non-hydrogen) atoms. The molecule has 0 bridgehead atoms. The van der Waals surface area contributed by atoms with Crippen molar-refractivity contribution >= 4 is 11.8 Å². The Hall–Kier alpha value is -2.73. The highest BCUT2D eigenvalue weighted by Crippen LogP contribution is 2.45. The molecule has 3 rings (SSSR count). The van der Waals surface area contributed by atoms with Crippen LogP contribution in [0.15, 0.2) is 42.5 Å². The van der Waals surface area contributed by atoms with E-state index in [0.29, 0.717) is 18.1 Å². The number of methoxy groups -OCH3 is 2. The van der Waals surface area contributed by atoms with E-state index in [1.807, 2.05) is 37.3 Å². The van der Waals surface area contributed by atoms with Gasteiger partial charge in [-0.3, -0.25) is 4.90 Å². The minimum atomic E-state index is -0.328. The first-order chi connectivity index (χ1) is 14.5. The lowest BCUT2D eigenvalue weighted by molar-refractivity contribution is 0.152. The third-order valence-electron chi connectivity index (χ3n) is 5.61. The molecule has 1 N–H and O–H groups in total. The molecule has 1 heterocycles. The summed E-state index contributed by atoms with van der Waals surface area (Å²) < 4.78 is 16.5. The van der Waals surface area contributed by atoms with Gasteiger partial charge in [0.05, 0.1) is 26.5 Å². The highest BCUT2D eigenvalue weighted by molar-refractivity contribution is 5.91. The summed E-state index contributed by atoms with van der Waals surface area (Å²) in [5, 5.41) is 3.68. The van der Waals surface area contributed by atoms with Crippen LogP contribution in [-0.2, 0) is 11.3 Å². The molecular weight excluding hydrogens is 380 g/mol. The third-order valence-corrected chi connectivity index (χ3v) is 5.61. The second-order valence-electron chi connectivity index (χ2n) is 7.80. The number of rotatable bonds is 7. The number of benzene rings is 2. The van der Waals surface area contributed by atoms with Gasteiger partial charge < -0.3 is 19.5 Å². The minimum Gasteiger partial charge on any atom is -0.493 e. The van der Waals surface area contributed by atoms with Gasteiger partial charge in [-0.2, -0.15) is 0 Å². The van der Waals surface area contributed by atoms with Crippen molar-refractivity contribution in [2.75, 3.05) is 25.7 Å². The van der Waals surface area contributed by atoms with E-state index < -0.39 is 0 Å². The van der Waals surface area contributed by atoms with Crippen LogP contribution in [0.5, 0.6) is 11.5 Å². The number of fused-ring (bicyclic) bond motifs is 1. The van der Waals surface area contributed by atoms with Crippen molar-refractivity contribution in [1.82, 2.24) is 5.32 Å². The smallest absolute Gasteiger partial charge is 0.414 e. The van der Waals surface area contributed by atoms with Gasteiger partial charge in [0.1, 0.15) is 0 Å². The highest BCUT2D eigenvalue weighted by Gasteiger charge is 2.39. The number of anilines is 1. The van der Waals surface area contributed by atoms with Crippen molar-refractivity contribution in [2.45, 2.75) is 45.8 Å². The summed E-state index contributed by atoms with van der Waals surface area (Å²) in [6.45, 7) is 7.17. The Labute approximate surface area is 179 Å². The molecule has 1 aliphatic rings. The Morgan fingerprint density at radius 2 is 1.80 bits per heavy atom. The van der Waals surface area contributed by atoms with Crippen molar-refractivity contribution in [3.63, 3.8) is 0 Å². The molecule has 0 aliphatic carbocycles. The van der Waals surface area contributed by atoms with Gasteiger partial charge in [-0.05, 0) is 36.5 Å². The quantitative estimate of drug-likeness (QED) is 0.699. The van der Waals surface area contributed by atoms with Crippen LogP contribution in [0, 0.1) is 5.92 Å². The number of hydrogen-bond acceptors (Lipinski definition) is 5. The van der Waals surface area contributed by atoms with Crippen LogP contribution < -0.4 is 19.7 Å². The molecule has 0 spiro atoms. The van der Waals surface area contributed by atoms with E-state index in [1.165, 1.54) is 5.56 Å². The summed E-state index contributed by atoms with van der Waals surface area (Å²) in [5.74, 6) is 1.50. The van der Waals surface area contributed by atoms with Gasteiger partial charge in [0, 0.05) is 24.7 Å². The first kappa shape index (κ1) is 22.0. The number of carbonyl (C=O) groups is 1. The summed E-state index contributed by atoms with van der Waals surface area (Å²) in [7, 11) is 3.23. The van der Waals surface area contributed by atoms with E-state index in [9.17, 15) is 4.79 Å². The Morgan fingerprint density at radius 3 is 2.40 bits per heavy atom. The maximum Gasteiger partial charge on any atom is 0.414 e. The van der Waals surface area contributed by atoms with Crippen molar-refractivity contribution in [3.05, 3.63) is 53.6 Å². The Bertz CT molecular complexity index is 854. The molecule has 0 saturated carbocycles. The fourth-order valence-electron chi connectivity index (χ4n) is 4.05. The molecular formula is C24H32N2O4. The molecule has 6 heteroatoms. The standard InChI is InChI=1S/C24H32N2O4/c1-6-30-24(27)26-20(16(2)3)13-19(25-15-17-10-8-7-9-11-17)18-12-22(28-4)23(29-5)14-21(18)26/h7-12,14,16,19-20,25H,6,13,15H2,1-5H3/t19-,20-/m0/s1. The van der Waals surface area contributed by atoms with E-state index in [0.717, 1.165) is 24.2 Å². The fourth-order valence-corrected chi connectivity index (χ4v) is 4.05. The lowest BCUT2D eigenvalue weighted by atomic mass is 9.85. The maximum absolute atomic E-state index is 12.9. The molecule has 2 atom stereocenters. The van der Waals surface area contributed by atoms with E-state index >= 15 is 0 Å². The lowest BCUT2D eigenvalue weighted by Gasteiger charge is -2.42. The summed E-state index contributed by atoms with van der Waals surface area (Å²) in [5.41, 5.74) is 3.03. The van der Waals surface area contributed by atoms with Gasteiger partial charge in [-0.25, -0.2) is 4.79 Å². The predicted molar refractivity (Wildman–Crippen MR) is 118 cm³/mol. The molecule has 2 aromatic carbocycles. The number of hydrogen-bond donors (Lipinski definition) is 1. The number of nitrogens with one attached hydrogen (secondary N) is 1. The van der Waals surface area contributed by atoms with Gasteiger partial charge in [-0.15, -0.1) is 0 Å². The summed E-state index contributed by atoms with van der Waals surface area (Å²) in [6, 6.07) is 14.2. The van der Waals surface area contributed by atoms with Crippen molar-refractivity contribution < 1.29 is 19.0 Å². The molecule has 0 radical (unpaired) electrons. The topological polar surface area (TPSA) is 60.0 Å². The number of ether oxygens (including phenoxy) is 3. The minimum absolute atomic E-state index is 0.00271. The molecule has 0 saturated heterocycles. The number of nitrogens with zero attached hydrogens (tertiary/aromatic N) is 1. The molecule has 6 nitrogen and oxygen atoms in total. The molecule has 0 unspecified atom stereocenters. The summed E-state index contributed by atoms with van der Waals surface area (Å²) in [4.78, 5) is 14.7. The van der Waals surface area contributed by atoms with Gasteiger partial charge in [0.25, 0.3) is 0 Å². The van der Waals surface area contributed by atoms with Crippen LogP contribution in [0.3, 0.4) is 0 Å². The second kappa shape index (κ2) is 9.85. The zero-order valence-corrected chi connectivity index (χ0v) is 18.5. The van der Waals surface area contributed by atoms with Gasteiger partial charge in [-0.1, -0.05) is 44.2 Å². The zero-order chi connectivity index (χ0) is 21.7. The Kier molecular flexibility index (Phi) is 7.21. The number of amides is 1. The Balaban J connectivity index is 2.04. The summed E-state index contributed by atoms with van der Waals surface area (Å²) in [6.07, 6.45) is 0.456. The van der Waals surface area contributed by atoms with Crippen molar-refractivity contribution in [2.24, 2.45) is 5.92 Å². The van der Waals surface area contributed by atoms with Crippen LogP contribution in [0.1, 0.15) is 44.4 Å². The summed E-state index contributed by atoms with van der Waals surface area (Å²) >= 11 is 0. The highest BCUT2D eigenvalue weighted by atomic mass is 16.6. The lowest BCUT2D eigenvalue weighted by Crippen LogP contribution is -2.49. The SMILES string of the molecule is CCOC(=O)N1c2cc(OC)c(OC)cc2[C@@H](NCc2ccccc2)C[C@H]1C(C)C. The molecule has 2 aromatic rings. The molecule has 0 fully saturated rings. The van der Waals surface area contributed by atoms with Gasteiger partial charge >= 0.3 is 6.09 Å². The monoisotopic (exact) mass is 412 g/mol. The van der Waals surface area contributed by atoms with E-state index in [-0.39, 0.29) is 24.1 Å². The molecule has 162 valence electrons. The van der Waals surface area contributed by atoms with Crippen LogP contribution >= 0.6 is 0 Å². The van der Waals surface area contributed by atoms with Gasteiger partial charge in [0.2, 0.25) is 0 Å². The normalized spacial score (nSPS) is 18.1. The van der Waals surface area contributed by atoms with Crippen molar-refractivity contribution in [3.8, 4) is 11.5 Å². The average Bonchev–Trinajstić information content (AvgIpc) is 2.76. The van der Waals surface area contributed by atoms with E-state index in [1.54, 1.807) is 19.1 Å². The zero-order valence-electron chi connectivity index (χ0n) is 18.5.